The van der Waals surface area contributed by atoms with Gasteiger partial charge in [-0.2, -0.15) is 0 Å². The Labute approximate surface area is 125 Å². The van der Waals surface area contributed by atoms with Crippen LogP contribution in [0.4, 0.5) is 16.2 Å². The standard InChI is InChI=1S/C18H20N2O/c1-12-7-6-8-13(2)17(12)19-18(21)20-14(3)11-15-9-4-5-10-16(15)20/h4-10,14H,11H2,1-3H3,(H,19,21). The van der Waals surface area contributed by atoms with Crippen LogP contribution >= 0.6 is 0 Å². The van der Waals surface area contributed by atoms with E-state index in [1.165, 1.54) is 5.56 Å². The van der Waals surface area contributed by atoms with E-state index >= 15 is 0 Å². The molecule has 3 rings (SSSR count). The molecule has 0 radical (unpaired) electrons. The molecule has 1 heterocycles. The van der Waals surface area contributed by atoms with E-state index in [0.717, 1.165) is 28.9 Å². The molecule has 1 aliphatic heterocycles. The average molecular weight is 280 g/mol. The lowest BCUT2D eigenvalue weighted by molar-refractivity contribution is 0.255. The predicted octanol–water partition coefficient (Wildman–Crippen LogP) is 4.29. The number of urea groups is 1. The Morgan fingerprint density at radius 2 is 1.76 bits per heavy atom. The summed E-state index contributed by atoms with van der Waals surface area (Å²) in [5.41, 5.74) is 5.35. The number of benzene rings is 2. The molecule has 1 atom stereocenters. The van der Waals surface area contributed by atoms with Crippen molar-refractivity contribution in [3.8, 4) is 0 Å². The summed E-state index contributed by atoms with van der Waals surface area (Å²) < 4.78 is 0. The number of nitrogens with zero attached hydrogens (tertiary/aromatic N) is 1. The van der Waals surface area contributed by atoms with Crippen LogP contribution in [0, 0.1) is 13.8 Å². The Hall–Kier alpha value is -2.29. The Kier molecular flexibility index (Phi) is 3.42. The lowest BCUT2D eigenvalue weighted by Gasteiger charge is -2.24. The fourth-order valence-corrected chi connectivity index (χ4v) is 3.05. The van der Waals surface area contributed by atoms with E-state index in [9.17, 15) is 4.79 Å². The molecule has 0 aromatic heterocycles. The molecule has 0 aliphatic carbocycles. The number of anilines is 2. The molecule has 3 heteroatoms. The van der Waals surface area contributed by atoms with Crippen molar-refractivity contribution >= 4 is 17.4 Å². The fourth-order valence-electron chi connectivity index (χ4n) is 3.05. The molecular weight excluding hydrogens is 260 g/mol. The van der Waals surface area contributed by atoms with Gasteiger partial charge in [-0.15, -0.1) is 0 Å². The summed E-state index contributed by atoms with van der Waals surface area (Å²) in [5.74, 6) is 0. The van der Waals surface area contributed by atoms with Crippen LogP contribution in [0.1, 0.15) is 23.6 Å². The van der Waals surface area contributed by atoms with Crippen LogP contribution in [-0.2, 0) is 6.42 Å². The zero-order chi connectivity index (χ0) is 15.0. The maximum absolute atomic E-state index is 12.7. The summed E-state index contributed by atoms with van der Waals surface area (Å²) in [7, 11) is 0. The second-order valence-corrected chi connectivity index (χ2v) is 5.75. The third-order valence-electron chi connectivity index (χ3n) is 4.14. The zero-order valence-electron chi connectivity index (χ0n) is 12.7. The van der Waals surface area contributed by atoms with Crippen LogP contribution in [0.15, 0.2) is 42.5 Å². The van der Waals surface area contributed by atoms with Gasteiger partial charge >= 0.3 is 6.03 Å². The maximum atomic E-state index is 12.7. The molecular formula is C18H20N2O. The van der Waals surface area contributed by atoms with Crippen molar-refractivity contribution in [2.75, 3.05) is 10.2 Å². The highest BCUT2D eigenvalue weighted by Gasteiger charge is 2.30. The monoisotopic (exact) mass is 280 g/mol. The Balaban J connectivity index is 1.90. The smallest absolute Gasteiger partial charge is 0.307 e. The summed E-state index contributed by atoms with van der Waals surface area (Å²) >= 11 is 0. The summed E-state index contributed by atoms with van der Waals surface area (Å²) in [6, 6.07) is 14.3. The van der Waals surface area contributed by atoms with Crippen LogP contribution in [0.3, 0.4) is 0 Å². The molecule has 0 fully saturated rings. The molecule has 2 aromatic rings. The average Bonchev–Trinajstić information content (AvgIpc) is 2.78. The number of carbonyl (C=O) groups excluding carboxylic acids is 1. The van der Waals surface area contributed by atoms with E-state index in [4.69, 9.17) is 0 Å². The van der Waals surface area contributed by atoms with Gasteiger partial charge in [-0.25, -0.2) is 4.79 Å². The van der Waals surface area contributed by atoms with Gasteiger partial charge in [-0.1, -0.05) is 36.4 Å². The van der Waals surface area contributed by atoms with Crippen LogP contribution in [0.25, 0.3) is 0 Å². The number of fused-ring (bicyclic) bond motifs is 1. The van der Waals surface area contributed by atoms with Gasteiger partial charge in [0.05, 0.1) is 0 Å². The number of amides is 2. The first-order valence-electron chi connectivity index (χ1n) is 7.32. The minimum Gasteiger partial charge on any atom is -0.307 e. The van der Waals surface area contributed by atoms with Crippen LogP contribution in [0.2, 0.25) is 0 Å². The Morgan fingerprint density at radius 3 is 2.48 bits per heavy atom. The molecule has 108 valence electrons. The van der Waals surface area contributed by atoms with Crippen molar-refractivity contribution in [3.63, 3.8) is 0 Å². The van der Waals surface area contributed by atoms with Gasteiger partial charge in [-0.05, 0) is 49.9 Å². The van der Waals surface area contributed by atoms with Gasteiger partial charge in [-0.3, -0.25) is 4.90 Å². The Bertz CT molecular complexity index is 673. The van der Waals surface area contributed by atoms with Crippen LogP contribution < -0.4 is 10.2 Å². The van der Waals surface area contributed by atoms with Gasteiger partial charge < -0.3 is 5.32 Å². The summed E-state index contributed by atoms with van der Waals surface area (Å²) in [5, 5.41) is 3.08. The predicted molar refractivity (Wildman–Crippen MR) is 87.0 cm³/mol. The number of nitrogens with one attached hydrogen (secondary N) is 1. The SMILES string of the molecule is Cc1cccc(C)c1NC(=O)N1c2ccccc2CC1C. The second-order valence-electron chi connectivity index (χ2n) is 5.75. The highest BCUT2D eigenvalue weighted by atomic mass is 16.2. The van der Waals surface area contributed by atoms with Crippen molar-refractivity contribution in [1.29, 1.82) is 0 Å². The number of para-hydroxylation sites is 2. The highest BCUT2D eigenvalue weighted by Crippen LogP contribution is 2.32. The first-order chi connectivity index (χ1) is 10.1. The topological polar surface area (TPSA) is 32.3 Å². The molecule has 2 aromatic carbocycles. The molecule has 0 saturated carbocycles. The number of carbonyl (C=O) groups is 1. The largest absolute Gasteiger partial charge is 0.326 e. The van der Waals surface area contributed by atoms with Gasteiger partial charge in [0, 0.05) is 17.4 Å². The van der Waals surface area contributed by atoms with Crippen molar-refractivity contribution in [1.82, 2.24) is 0 Å². The second kappa shape index (κ2) is 5.24. The van der Waals surface area contributed by atoms with E-state index in [1.54, 1.807) is 0 Å². The van der Waals surface area contributed by atoms with E-state index in [2.05, 4.69) is 18.3 Å². The molecule has 0 spiro atoms. The molecule has 2 amide bonds. The van der Waals surface area contributed by atoms with Gasteiger partial charge in [0.2, 0.25) is 0 Å². The maximum Gasteiger partial charge on any atom is 0.326 e. The highest BCUT2D eigenvalue weighted by molar-refractivity contribution is 6.04. The molecule has 1 aliphatic rings. The minimum atomic E-state index is -0.0511. The molecule has 3 nitrogen and oxygen atoms in total. The number of hydrogen-bond acceptors (Lipinski definition) is 1. The lowest BCUT2D eigenvalue weighted by atomic mass is 10.1. The normalized spacial score (nSPS) is 16.7. The third kappa shape index (κ3) is 2.40. The van der Waals surface area contributed by atoms with Crippen molar-refractivity contribution in [2.24, 2.45) is 0 Å². The van der Waals surface area contributed by atoms with Crippen molar-refractivity contribution in [3.05, 3.63) is 59.2 Å². The first kappa shape index (κ1) is 13.7. The summed E-state index contributed by atoms with van der Waals surface area (Å²) in [6.07, 6.45) is 0.913. The van der Waals surface area contributed by atoms with Gasteiger partial charge in [0.15, 0.2) is 0 Å². The van der Waals surface area contributed by atoms with Crippen molar-refractivity contribution < 1.29 is 4.79 Å². The molecule has 0 bridgehead atoms. The lowest BCUT2D eigenvalue weighted by Crippen LogP contribution is -2.39. The number of aryl methyl sites for hydroxylation is 2. The minimum absolute atomic E-state index is 0.0511. The van der Waals surface area contributed by atoms with E-state index < -0.39 is 0 Å². The molecule has 1 unspecified atom stereocenters. The zero-order valence-corrected chi connectivity index (χ0v) is 12.7. The van der Waals surface area contributed by atoms with Gasteiger partial charge in [0.25, 0.3) is 0 Å². The number of rotatable bonds is 1. The Morgan fingerprint density at radius 1 is 1.10 bits per heavy atom. The first-order valence-corrected chi connectivity index (χ1v) is 7.32. The molecule has 0 saturated heterocycles. The van der Waals surface area contributed by atoms with Crippen molar-refractivity contribution in [2.45, 2.75) is 33.2 Å². The van der Waals surface area contributed by atoms with E-state index in [-0.39, 0.29) is 12.1 Å². The van der Waals surface area contributed by atoms with Crippen LogP contribution in [0.5, 0.6) is 0 Å². The third-order valence-corrected chi connectivity index (χ3v) is 4.14. The van der Waals surface area contributed by atoms with Crippen LogP contribution in [-0.4, -0.2) is 12.1 Å². The summed E-state index contributed by atoms with van der Waals surface area (Å²) in [6.45, 7) is 6.12. The van der Waals surface area contributed by atoms with E-state index in [0.29, 0.717) is 0 Å². The van der Waals surface area contributed by atoms with Gasteiger partial charge in [0.1, 0.15) is 0 Å². The molecule has 21 heavy (non-hydrogen) atoms. The summed E-state index contributed by atoms with van der Waals surface area (Å²) in [4.78, 5) is 14.6. The number of hydrogen-bond donors (Lipinski definition) is 1. The quantitative estimate of drug-likeness (QED) is 0.830. The fraction of sp³-hybridized carbons (Fsp3) is 0.278. The van der Waals surface area contributed by atoms with E-state index in [1.807, 2.05) is 55.1 Å². The molecule has 1 N–H and O–H groups in total.